The molecule has 2 saturated carbocycles. The molecule has 2 aliphatic carbocycles. The predicted octanol–water partition coefficient (Wildman–Crippen LogP) is 6.31. The van der Waals surface area contributed by atoms with Crippen LogP contribution in [0.5, 0.6) is 0 Å². The zero-order valence-electron chi connectivity index (χ0n) is 20.4. The van der Waals surface area contributed by atoms with Crippen LogP contribution in [0.15, 0.2) is 30.3 Å². The molecule has 3 rings (SSSR count). The van der Waals surface area contributed by atoms with Gasteiger partial charge in [0.1, 0.15) is 5.78 Å². The number of carbonyl (C=O) groups is 2. The van der Waals surface area contributed by atoms with E-state index < -0.39 is 0 Å². The second kappa shape index (κ2) is 14.2. The first-order chi connectivity index (χ1) is 15.4. The average Bonchev–Trinajstić information content (AvgIpc) is 2.80. The summed E-state index contributed by atoms with van der Waals surface area (Å²) in [4.78, 5) is 28.3. The van der Waals surface area contributed by atoms with Crippen molar-refractivity contribution >= 4 is 11.6 Å². The van der Waals surface area contributed by atoms with E-state index >= 15 is 0 Å². The van der Waals surface area contributed by atoms with Gasteiger partial charge in [-0.3, -0.25) is 9.59 Å². The van der Waals surface area contributed by atoms with Crippen LogP contribution in [0.4, 0.5) is 0 Å². The molecule has 0 aromatic heterocycles. The minimum absolute atomic E-state index is 0.0192. The van der Waals surface area contributed by atoms with E-state index in [1.54, 1.807) is 6.07 Å². The lowest BCUT2D eigenvalue weighted by molar-refractivity contribution is -0.125. The first-order valence-corrected chi connectivity index (χ1v) is 12.5. The number of Topliss-reactive ketones (excluding diaryl/α,β-unsaturated/α-hetero) is 2. The van der Waals surface area contributed by atoms with E-state index in [-0.39, 0.29) is 17.6 Å². The minimum Gasteiger partial charge on any atom is -0.309 e. The predicted molar refractivity (Wildman–Crippen MR) is 130 cm³/mol. The monoisotopic (exact) mass is 438 g/mol. The number of ketones is 2. The molecule has 3 atom stereocenters. The molecule has 0 heterocycles. The fraction of sp³-hybridized carbons (Fsp3) is 0.679. The molecule has 4 nitrogen and oxygen atoms in total. The summed E-state index contributed by atoms with van der Waals surface area (Å²) in [6.07, 6.45) is 12.3. The van der Waals surface area contributed by atoms with Crippen molar-refractivity contribution in [2.24, 2.45) is 23.7 Å². The van der Waals surface area contributed by atoms with Crippen molar-refractivity contribution in [1.29, 1.82) is 5.26 Å². The van der Waals surface area contributed by atoms with Crippen LogP contribution in [0.3, 0.4) is 0 Å². The van der Waals surface area contributed by atoms with E-state index in [0.717, 1.165) is 43.7 Å². The molecule has 0 spiro atoms. The van der Waals surface area contributed by atoms with Gasteiger partial charge in [-0.2, -0.15) is 5.26 Å². The Balaban J connectivity index is 0.00000114. The van der Waals surface area contributed by atoms with Gasteiger partial charge < -0.3 is 4.90 Å². The second-order valence-corrected chi connectivity index (χ2v) is 10.1. The molecule has 0 radical (unpaired) electrons. The fourth-order valence-corrected chi connectivity index (χ4v) is 5.64. The largest absolute Gasteiger partial charge is 0.309 e. The highest BCUT2D eigenvalue weighted by Gasteiger charge is 2.32. The lowest BCUT2D eigenvalue weighted by Gasteiger charge is -2.31. The summed E-state index contributed by atoms with van der Waals surface area (Å²) < 4.78 is 0. The van der Waals surface area contributed by atoms with Crippen molar-refractivity contribution < 1.29 is 9.59 Å². The summed E-state index contributed by atoms with van der Waals surface area (Å²) in [5.74, 6) is 2.02. The van der Waals surface area contributed by atoms with Crippen molar-refractivity contribution in [2.75, 3.05) is 20.6 Å². The lowest BCUT2D eigenvalue weighted by atomic mass is 9.74. The Bertz CT molecular complexity index is 732. The third kappa shape index (κ3) is 8.87. The molecule has 4 heteroatoms. The van der Waals surface area contributed by atoms with Crippen LogP contribution in [0.1, 0.15) is 87.9 Å². The van der Waals surface area contributed by atoms with Crippen molar-refractivity contribution in [1.82, 2.24) is 4.90 Å². The van der Waals surface area contributed by atoms with E-state index in [1.165, 1.54) is 45.4 Å². The number of rotatable bonds is 9. The van der Waals surface area contributed by atoms with Crippen LogP contribution < -0.4 is 0 Å². The molecule has 0 saturated heterocycles. The Morgan fingerprint density at radius 3 is 2.25 bits per heavy atom. The Morgan fingerprint density at radius 2 is 1.62 bits per heavy atom. The summed E-state index contributed by atoms with van der Waals surface area (Å²) >= 11 is 0. The quantitative estimate of drug-likeness (QED) is 0.424. The fourth-order valence-electron chi connectivity index (χ4n) is 5.64. The number of hydrogen-bond acceptors (Lipinski definition) is 4. The first-order valence-electron chi connectivity index (χ1n) is 12.5. The van der Waals surface area contributed by atoms with Crippen LogP contribution in [-0.4, -0.2) is 37.1 Å². The highest BCUT2D eigenvalue weighted by Crippen LogP contribution is 2.35. The molecule has 176 valence electrons. The third-order valence-corrected chi connectivity index (χ3v) is 7.06. The van der Waals surface area contributed by atoms with E-state index in [2.05, 4.69) is 19.0 Å². The van der Waals surface area contributed by atoms with Gasteiger partial charge in [-0.25, -0.2) is 0 Å². The van der Waals surface area contributed by atoms with Gasteiger partial charge in [0.25, 0.3) is 0 Å². The number of nitriles is 1. The summed E-state index contributed by atoms with van der Waals surface area (Å²) in [6, 6.07) is 11.4. The summed E-state index contributed by atoms with van der Waals surface area (Å²) in [6.45, 7) is 2.43. The van der Waals surface area contributed by atoms with Crippen LogP contribution in [0.2, 0.25) is 0 Å². The van der Waals surface area contributed by atoms with Gasteiger partial charge in [-0.15, -0.1) is 0 Å². The Hall–Kier alpha value is -1.99. The van der Waals surface area contributed by atoms with E-state index in [1.807, 2.05) is 30.3 Å². The molecule has 2 fully saturated rings. The highest BCUT2D eigenvalue weighted by atomic mass is 16.1. The molecule has 0 aliphatic heterocycles. The van der Waals surface area contributed by atoms with Crippen molar-refractivity contribution in [3.8, 4) is 6.07 Å². The molecule has 0 N–H and O–H groups in total. The van der Waals surface area contributed by atoms with Crippen LogP contribution in [0.25, 0.3) is 0 Å². The SMILES string of the molecule is CC#N.CN(C)C[C@@H](CC(=O)C1CCCC(C(=O)c2ccccc2)C1)CC1CCCCC1. The second-order valence-electron chi connectivity index (χ2n) is 10.1. The van der Waals surface area contributed by atoms with Crippen LogP contribution in [0, 0.1) is 35.0 Å². The number of carbonyl (C=O) groups excluding carboxylic acids is 2. The molecule has 0 amide bonds. The molecular formula is C28H42N2O2. The zero-order chi connectivity index (χ0) is 23.3. The molecule has 1 aromatic carbocycles. The topological polar surface area (TPSA) is 61.2 Å². The summed E-state index contributed by atoms with van der Waals surface area (Å²) in [5.41, 5.74) is 0.799. The molecule has 32 heavy (non-hydrogen) atoms. The zero-order valence-corrected chi connectivity index (χ0v) is 20.4. The number of nitrogens with zero attached hydrogens (tertiary/aromatic N) is 2. The van der Waals surface area contributed by atoms with Gasteiger partial charge in [0.05, 0.1) is 6.07 Å². The minimum atomic E-state index is 0.0192. The maximum Gasteiger partial charge on any atom is 0.165 e. The van der Waals surface area contributed by atoms with E-state index in [4.69, 9.17) is 5.26 Å². The third-order valence-electron chi connectivity index (χ3n) is 7.06. The summed E-state index contributed by atoms with van der Waals surface area (Å²) in [5, 5.41) is 7.32. The lowest BCUT2D eigenvalue weighted by Crippen LogP contribution is -2.31. The highest BCUT2D eigenvalue weighted by molar-refractivity contribution is 5.98. The normalized spacial score (nSPS) is 22.3. The van der Waals surface area contributed by atoms with E-state index in [9.17, 15) is 9.59 Å². The van der Waals surface area contributed by atoms with Gasteiger partial charge in [0.2, 0.25) is 0 Å². The average molecular weight is 439 g/mol. The maximum atomic E-state index is 13.2. The number of hydrogen-bond donors (Lipinski definition) is 0. The standard InChI is InChI=1S/C26H39NO2.C2H3N/c1-27(2)19-21(16-20-10-5-3-6-11-20)17-25(28)23-14-9-15-24(18-23)26(29)22-12-7-4-8-13-22;1-2-3/h4,7-8,12-13,20-21,23-24H,3,5-6,9-11,14-19H2,1-2H3;1H3/t21-,23?,24?;/m1./s1. The van der Waals surface area contributed by atoms with Crippen molar-refractivity contribution in [3.05, 3.63) is 35.9 Å². The number of benzene rings is 1. The molecule has 2 unspecified atom stereocenters. The molecule has 2 aliphatic rings. The van der Waals surface area contributed by atoms with Gasteiger partial charge in [-0.05, 0) is 51.6 Å². The van der Waals surface area contributed by atoms with E-state index in [0.29, 0.717) is 18.1 Å². The Labute approximate surface area is 195 Å². The van der Waals surface area contributed by atoms with Gasteiger partial charge in [-0.1, -0.05) is 68.9 Å². The van der Waals surface area contributed by atoms with Gasteiger partial charge >= 0.3 is 0 Å². The Morgan fingerprint density at radius 1 is 1.00 bits per heavy atom. The summed E-state index contributed by atoms with van der Waals surface area (Å²) in [7, 11) is 4.24. The molecule has 1 aromatic rings. The van der Waals surface area contributed by atoms with Crippen molar-refractivity contribution in [2.45, 2.75) is 77.6 Å². The first kappa shape index (κ1) is 26.3. The van der Waals surface area contributed by atoms with Crippen molar-refractivity contribution in [3.63, 3.8) is 0 Å². The smallest absolute Gasteiger partial charge is 0.165 e. The van der Waals surface area contributed by atoms with Crippen LogP contribution in [-0.2, 0) is 4.79 Å². The van der Waals surface area contributed by atoms with Gasteiger partial charge in [0.15, 0.2) is 5.78 Å². The molecular weight excluding hydrogens is 396 g/mol. The maximum absolute atomic E-state index is 13.2. The van der Waals surface area contributed by atoms with Crippen LogP contribution >= 0.6 is 0 Å². The molecule has 0 bridgehead atoms. The Kier molecular flexibility index (Phi) is 11.7. The van der Waals surface area contributed by atoms with Gasteiger partial charge in [0, 0.05) is 37.3 Å².